The fraction of sp³-hybridized carbons (Fsp3) is 0.636. The van der Waals surface area contributed by atoms with Crippen molar-refractivity contribution >= 4 is 36.7 Å². The SMILES string of the molecule is CCCCCCCCCCCCC1N=C(N)NC(=NCc2ccccc2)N1.Cl.Cl. The van der Waals surface area contributed by atoms with Gasteiger partial charge in [-0.2, -0.15) is 0 Å². The van der Waals surface area contributed by atoms with Gasteiger partial charge in [0.15, 0.2) is 11.9 Å². The third-order valence-corrected chi connectivity index (χ3v) is 4.94. The predicted octanol–water partition coefficient (Wildman–Crippen LogP) is 5.53. The Balaban J connectivity index is 0.00000392. The van der Waals surface area contributed by atoms with Crippen LogP contribution in [-0.2, 0) is 6.54 Å². The summed E-state index contributed by atoms with van der Waals surface area (Å²) in [5.74, 6) is 1.18. The van der Waals surface area contributed by atoms with E-state index < -0.39 is 0 Å². The van der Waals surface area contributed by atoms with E-state index in [2.05, 4.69) is 39.7 Å². The average molecular weight is 444 g/mol. The number of nitrogens with one attached hydrogen (secondary N) is 2. The van der Waals surface area contributed by atoms with Crippen LogP contribution in [0.1, 0.15) is 83.1 Å². The van der Waals surface area contributed by atoms with E-state index in [1.807, 2.05) is 18.2 Å². The van der Waals surface area contributed by atoms with E-state index in [0.29, 0.717) is 12.5 Å². The molecule has 1 unspecified atom stereocenters. The Kier molecular flexibility index (Phi) is 16.5. The van der Waals surface area contributed by atoms with Gasteiger partial charge in [-0.25, -0.2) is 9.98 Å². The lowest BCUT2D eigenvalue weighted by Crippen LogP contribution is -2.53. The van der Waals surface area contributed by atoms with Gasteiger partial charge in [-0.1, -0.05) is 95.0 Å². The molecule has 166 valence electrons. The molecule has 0 saturated heterocycles. The first kappa shape index (κ1) is 27.5. The van der Waals surface area contributed by atoms with Gasteiger partial charge in [0.25, 0.3) is 0 Å². The van der Waals surface area contributed by atoms with Gasteiger partial charge in [-0.15, -0.1) is 24.8 Å². The van der Waals surface area contributed by atoms with Crippen LogP contribution in [0.3, 0.4) is 0 Å². The van der Waals surface area contributed by atoms with Gasteiger partial charge in [0.1, 0.15) is 6.17 Å². The molecule has 1 aromatic carbocycles. The Morgan fingerprint density at radius 3 is 2.10 bits per heavy atom. The van der Waals surface area contributed by atoms with Crippen LogP contribution in [0.2, 0.25) is 0 Å². The third kappa shape index (κ3) is 12.7. The minimum Gasteiger partial charge on any atom is -0.370 e. The highest BCUT2D eigenvalue weighted by Crippen LogP contribution is 2.13. The largest absolute Gasteiger partial charge is 0.370 e. The Morgan fingerprint density at radius 1 is 0.897 bits per heavy atom. The number of rotatable bonds is 13. The maximum atomic E-state index is 5.92. The molecular formula is C22H39Cl2N5. The normalized spacial score (nSPS) is 16.8. The molecule has 7 heteroatoms. The van der Waals surface area contributed by atoms with Crippen molar-refractivity contribution in [1.29, 1.82) is 0 Å². The predicted molar refractivity (Wildman–Crippen MR) is 130 cm³/mol. The molecule has 29 heavy (non-hydrogen) atoms. The Bertz CT molecular complexity index is 578. The molecule has 5 nitrogen and oxygen atoms in total. The van der Waals surface area contributed by atoms with Crippen LogP contribution in [0.15, 0.2) is 40.3 Å². The van der Waals surface area contributed by atoms with E-state index >= 15 is 0 Å². The second-order valence-corrected chi connectivity index (χ2v) is 7.42. The molecule has 0 spiro atoms. The highest BCUT2D eigenvalue weighted by molar-refractivity contribution is 5.99. The number of nitrogens with two attached hydrogens (primary N) is 1. The number of nitrogens with zero attached hydrogens (tertiary/aromatic N) is 2. The molecular weight excluding hydrogens is 405 g/mol. The zero-order valence-electron chi connectivity index (χ0n) is 17.7. The summed E-state index contributed by atoms with van der Waals surface area (Å²) in [6.07, 6.45) is 14.5. The van der Waals surface area contributed by atoms with Crippen LogP contribution in [-0.4, -0.2) is 18.1 Å². The fourth-order valence-corrected chi connectivity index (χ4v) is 3.35. The molecule has 0 amide bonds. The van der Waals surface area contributed by atoms with Crippen LogP contribution < -0.4 is 16.4 Å². The van der Waals surface area contributed by atoms with Gasteiger partial charge in [-0.3, -0.25) is 5.32 Å². The zero-order valence-corrected chi connectivity index (χ0v) is 19.4. The first-order valence-corrected chi connectivity index (χ1v) is 10.7. The molecule has 2 rings (SSSR count). The first-order valence-electron chi connectivity index (χ1n) is 10.7. The smallest absolute Gasteiger partial charge is 0.200 e. The average Bonchev–Trinajstić information content (AvgIpc) is 2.68. The molecule has 0 aromatic heterocycles. The fourth-order valence-electron chi connectivity index (χ4n) is 3.35. The van der Waals surface area contributed by atoms with Gasteiger partial charge >= 0.3 is 0 Å². The lowest BCUT2D eigenvalue weighted by atomic mass is 10.1. The number of guanidine groups is 2. The van der Waals surface area contributed by atoms with Crippen molar-refractivity contribution in [2.24, 2.45) is 15.7 Å². The minimum absolute atomic E-state index is 0. The summed E-state index contributed by atoms with van der Waals surface area (Å²) in [6.45, 7) is 2.90. The van der Waals surface area contributed by atoms with Crippen molar-refractivity contribution in [1.82, 2.24) is 10.6 Å². The molecule has 1 aliphatic heterocycles. The van der Waals surface area contributed by atoms with Crippen LogP contribution >= 0.6 is 24.8 Å². The van der Waals surface area contributed by atoms with Crippen LogP contribution in [0.25, 0.3) is 0 Å². The van der Waals surface area contributed by atoms with Gasteiger partial charge < -0.3 is 11.1 Å². The quantitative estimate of drug-likeness (QED) is 0.350. The Morgan fingerprint density at radius 2 is 1.48 bits per heavy atom. The molecule has 0 aliphatic carbocycles. The number of hydrogen-bond acceptors (Lipinski definition) is 3. The van der Waals surface area contributed by atoms with Gasteiger partial charge in [0.05, 0.1) is 6.54 Å². The van der Waals surface area contributed by atoms with Gasteiger partial charge in [0, 0.05) is 0 Å². The first-order chi connectivity index (χ1) is 13.3. The van der Waals surface area contributed by atoms with Crippen molar-refractivity contribution in [2.45, 2.75) is 90.3 Å². The van der Waals surface area contributed by atoms with E-state index in [9.17, 15) is 0 Å². The second kappa shape index (κ2) is 17.4. The summed E-state index contributed by atoms with van der Waals surface area (Å²) in [6, 6.07) is 10.2. The summed E-state index contributed by atoms with van der Waals surface area (Å²) in [4.78, 5) is 9.04. The molecule has 4 N–H and O–H groups in total. The Hall–Kier alpha value is -1.46. The standard InChI is InChI=1S/C22H37N5.2ClH/c1-2-3-4-5-6-7-8-9-10-14-17-20-25-21(23)27-22(26-20)24-18-19-15-12-11-13-16-19;;/h11-13,15-16,20H,2-10,14,17-18H2,1H3,(H4,23,24,25,26,27);2*1H. The monoisotopic (exact) mass is 443 g/mol. The topological polar surface area (TPSA) is 74.8 Å². The highest BCUT2D eigenvalue weighted by Gasteiger charge is 2.16. The molecule has 0 saturated carbocycles. The van der Waals surface area contributed by atoms with Crippen molar-refractivity contribution in [2.75, 3.05) is 0 Å². The lowest BCUT2D eigenvalue weighted by molar-refractivity contribution is 0.501. The summed E-state index contributed by atoms with van der Waals surface area (Å²) < 4.78 is 0. The van der Waals surface area contributed by atoms with Crippen molar-refractivity contribution < 1.29 is 0 Å². The summed E-state index contributed by atoms with van der Waals surface area (Å²) in [5, 5.41) is 6.38. The lowest BCUT2D eigenvalue weighted by Gasteiger charge is -2.24. The second-order valence-electron chi connectivity index (χ2n) is 7.42. The molecule has 1 aromatic rings. The number of benzene rings is 1. The summed E-state index contributed by atoms with van der Waals surface area (Å²) >= 11 is 0. The maximum Gasteiger partial charge on any atom is 0.200 e. The van der Waals surface area contributed by atoms with Gasteiger partial charge in [0.2, 0.25) is 0 Å². The number of hydrogen-bond donors (Lipinski definition) is 3. The van der Waals surface area contributed by atoms with E-state index in [-0.39, 0.29) is 31.0 Å². The van der Waals surface area contributed by atoms with Crippen molar-refractivity contribution in [3.05, 3.63) is 35.9 Å². The molecule has 0 fully saturated rings. The van der Waals surface area contributed by atoms with E-state index in [1.165, 1.54) is 69.8 Å². The molecule has 0 radical (unpaired) electrons. The molecule has 0 bridgehead atoms. The van der Waals surface area contributed by atoms with Crippen LogP contribution in [0.5, 0.6) is 0 Å². The van der Waals surface area contributed by atoms with Crippen LogP contribution in [0, 0.1) is 0 Å². The van der Waals surface area contributed by atoms with Gasteiger partial charge in [-0.05, 0) is 18.4 Å². The maximum absolute atomic E-state index is 5.92. The van der Waals surface area contributed by atoms with Crippen molar-refractivity contribution in [3.63, 3.8) is 0 Å². The summed E-state index contributed by atoms with van der Waals surface area (Å²) in [7, 11) is 0. The van der Waals surface area contributed by atoms with E-state index in [1.54, 1.807) is 0 Å². The molecule has 1 heterocycles. The minimum atomic E-state index is 0. The molecule has 1 aliphatic rings. The highest BCUT2D eigenvalue weighted by atomic mass is 35.5. The van der Waals surface area contributed by atoms with E-state index in [0.717, 1.165) is 12.4 Å². The number of unbranched alkanes of at least 4 members (excludes halogenated alkanes) is 9. The van der Waals surface area contributed by atoms with Crippen LogP contribution in [0.4, 0.5) is 0 Å². The Labute approximate surface area is 189 Å². The zero-order chi connectivity index (χ0) is 19.2. The third-order valence-electron chi connectivity index (χ3n) is 4.94. The molecule has 1 atom stereocenters. The number of aliphatic imine (C=N–C) groups is 2. The van der Waals surface area contributed by atoms with Crippen molar-refractivity contribution in [3.8, 4) is 0 Å². The van der Waals surface area contributed by atoms with E-state index in [4.69, 9.17) is 5.73 Å². The number of halogens is 2. The summed E-state index contributed by atoms with van der Waals surface area (Å²) in [5.41, 5.74) is 7.10.